The maximum atomic E-state index is 13.5. The fourth-order valence-electron chi connectivity index (χ4n) is 4.11. The number of ether oxygens (including phenoxy) is 1. The van der Waals surface area contributed by atoms with Gasteiger partial charge in [0.1, 0.15) is 18.1 Å². The molecular weight excluding hydrogens is 469 g/mol. The monoisotopic (exact) mass is 497 g/mol. The van der Waals surface area contributed by atoms with Crippen LogP contribution in [0, 0.1) is 5.82 Å². The first-order valence-corrected chi connectivity index (χ1v) is 12.9. The second-order valence-corrected chi connectivity index (χ2v) is 10.1. The molecule has 0 aliphatic carbocycles. The number of hydrogen-bond acceptors (Lipinski definition) is 5. The lowest BCUT2D eigenvalue weighted by Gasteiger charge is -2.29. The number of nitrogens with one attached hydrogen (secondary N) is 1. The highest BCUT2D eigenvalue weighted by atomic mass is 32.2. The standard InChI is InChI=1S/C26H28FN3O4S/c1-34-25-8-4-3-7-24(25)30(35(32,33)23-15-9-20(27)10-16-23)19-26(31)28-21-11-13-22(14-12-21)29-17-5-2-6-18-29/h3-4,7-16H,2,5-6,17-19H2,1H3,(H,28,31). The average Bonchev–Trinajstić information content (AvgIpc) is 2.88. The molecule has 1 aliphatic heterocycles. The van der Waals surface area contributed by atoms with Crippen LogP contribution in [0.15, 0.2) is 77.7 Å². The molecule has 184 valence electrons. The Bertz CT molecular complexity index is 1260. The second kappa shape index (κ2) is 10.8. The molecule has 0 radical (unpaired) electrons. The Balaban J connectivity index is 1.57. The van der Waals surface area contributed by atoms with Gasteiger partial charge in [-0.2, -0.15) is 0 Å². The van der Waals surface area contributed by atoms with Gasteiger partial charge < -0.3 is 15.0 Å². The number of para-hydroxylation sites is 2. The predicted octanol–water partition coefficient (Wildman–Crippen LogP) is 4.66. The van der Waals surface area contributed by atoms with Crippen molar-refractivity contribution in [3.63, 3.8) is 0 Å². The number of nitrogens with zero attached hydrogens (tertiary/aromatic N) is 2. The molecule has 1 amide bonds. The summed E-state index contributed by atoms with van der Waals surface area (Å²) in [5.41, 5.74) is 1.86. The Morgan fingerprint density at radius 2 is 1.63 bits per heavy atom. The minimum absolute atomic E-state index is 0.136. The normalized spacial score (nSPS) is 13.8. The van der Waals surface area contributed by atoms with Gasteiger partial charge in [0.05, 0.1) is 17.7 Å². The lowest BCUT2D eigenvalue weighted by atomic mass is 10.1. The van der Waals surface area contributed by atoms with Gasteiger partial charge >= 0.3 is 0 Å². The molecule has 0 atom stereocenters. The SMILES string of the molecule is COc1ccccc1N(CC(=O)Nc1ccc(N2CCCCC2)cc1)S(=O)(=O)c1ccc(F)cc1. The number of carbonyl (C=O) groups is 1. The number of hydrogen-bond donors (Lipinski definition) is 1. The molecule has 3 aromatic rings. The smallest absolute Gasteiger partial charge is 0.264 e. The van der Waals surface area contributed by atoms with E-state index in [1.165, 1.54) is 38.5 Å². The molecule has 0 bridgehead atoms. The fraction of sp³-hybridized carbons (Fsp3) is 0.269. The van der Waals surface area contributed by atoms with Crippen molar-refractivity contribution in [2.75, 3.05) is 41.3 Å². The molecule has 0 aromatic heterocycles. The molecule has 1 N–H and O–H groups in total. The Kier molecular flexibility index (Phi) is 7.55. The summed E-state index contributed by atoms with van der Waals surface area (Å²) in [5, 5.41) is 2.78. The van der Waals surface area contributed by atoms with E-state index in [0.717, 1.165) is 35.2 Å². The zero-order chi connectivity index (χ0) is 24.8. The number of halogens is 1. The molecule has 0 unspecified atom stereocenters. The van der Waals surface area contributed by atoms with Gasteiger partial charge in [0.15, 0.2) is 0 Å². The van der Waals surface area contributed by atoms with E-state index in [0.29, 0.717) is 5.69 Å². The topological polar surface area (TPSA) is 79.0 Å². The number of benzene rings is 3. The van der Waals surface area contributed by atoms with Crippen LogP contribution in [0.1, 0.15) is 19.3 Å². The van der Waals surface area contributed by atoms with Crippen molar-refractivity contribution in [2.45, 2.75) is 24.2 Å². The van der Waals surface area contributed by atoms with Gasteiger partial charge in [-0.05, 0) is 79.9 Å². The van der Waals surface area contributed by atoms with E-state index in [1.807, 2.05) is 24.3 Å². The number of rotatable bonds is 8. The average molecular weight is 498 g/mol. The summed E-state index contributed by atoms with van der Waals surface area (Å²) < 4.78 is 46.7. The van der Waals surface area contributed by atoms with Crippen molar-refractivity contribution in [2.24, 2.45) is 0 Å². The minimum atomic E-state index is -4.19. The maximum absolute atomic E-state index is 13.5. The highest BCUT2D eigenvalue weighted by molar-refractivity contribution is 7.92. The second-order valence-electron chi connectivity index (χ2n) is 8.28. The number of sulfonamides is 1. The van der Waals surface area contributed by atoms with E-state index in [4.69, 9.17) is 4.74 Å². The summed E-state index contributed by atoms with van der Waals surface area (Å²) in [6, 6.07) is 18.5. The number of methoxy groups -OCH3 is 1. The van der Waals surface area contributed by atoms with Gasteiger partial charge in [-0.3, -0.25) is 9.10 Å². The predicted molar refractivity (Wildman–Crippen MR) is 135 cm³/mol. The van der Waals surface area contributed by atoms with Crippen molar-refractivity contribution in [3.05, 3.63) is 78.6 Å². The summed E-state index contributed by atoms with van der Waals surface area (Å²) in [6.07, 6.45) is 3.58. The van der Waals surface area contributed by atoms with E-state index in [1.54, 1.807) is 24.3 Å². The van der Waals surface area contributed by atoms with Crippen LogP contribution in [0.4, 0.5) is 21.5 Å². The van der Waals surface area contributed by atoms with Crippen LogP contribution in [0.5, 0.6) is 5.75 Å². The van der Waals surface area contributed by atoms with Gasteiger partial charge in [0, 0.05) is 24.5 Å². The van der Waals surface area contributed by atoms with Gasteiger partial charge in [0.25, 0.3) is 10.0 Å². The van der Waals surface area contributed by atoms with E-state index in [9.17, 15) is 17.6 Å². The zero-order valence-corrected chi connectivity index (χ0v) is 20.3. The van der Waals surface area contributed by atoms with E-state index < -0.39 is 28.3 Å². The van der Waals surface area contributed by atoms with Crippen molar-refractivity contribution < 1.29 is 22.3 Å². The van der Waals surface area contributed by atoms with Crippen LogP contribution in [0.25, 0.3) is 0 Å². The lowest BCUT2D eigenvalue weighted by Crippen LogP contribution is -2.38. The third-order valence-corrected chi connectivity index (χ3v) is 7.69. The molecule has 1 saturated heterocycles. The highest BCUT2D eigenvalue weighted by Crippen LogP contribution is 2.32. The van der Waals surface area contributed by atoms with Crippen molar-refractivity contribution in [3.8, 4) is 5.75 Å². The molecule has 3 aromatic carbocycles. The van der Waals surface area contributed by atoms with Crippen LogP contribution >= 0.6 is 0 Å². The maximum Gasteiger partial charge on any atom is 0.264 e. The molecule has 1 fully saturated rings. The van der Waals surface area contributed by atoms with Gasteiger partial charge in [-0.15, -0.1) is 0 Å². The summed E-state index contributed by atoms with van der Waals surface area (Å²) in [4.78, 5) is 15.2. The third kappa shape index (κ3) is 5.74. The molecule has 9 heteroatoms. The number of piperidine rings is 1. The molecule has 0 saturated carbocycles. The highest BCUT2D eigenvalue weighted by Gasteiger charge is 2.29. The zero-order valence-electron chi connectivity index (χ0n) is 19.5. The molecular formula is C26H28FN3O4S. The summed E-state index contributed by atoms with van der Waals surface area (Å²) >= 11 is 0. The van der Waals surface area contributed by atoms with Gasteiger partial charge in [0.2, 0.25) is 5.91 Å². The molecule has 7 nitrogen and oxygen atoms in total. The molecule has 1 heterocycles. The van der Waals surface area contributed by atoms with Crippen LogP contribution < -0.4 is 19.3 Å². The molecule has 35 heavy (non-hydrogen) atoms. The third-order valence-electron chi connectivity index (χ3n) is 5.91. The molecule has 1 aliphatic rings. The van der Waals surface area contributed by atoms with Gasteiger partial charge in [-0.25, -0.2) is 12.8 Å². The Morgan fingerprint density at radius 3 is 2.29 bits per heavy atom. The summed E-state index contributed by atoms with van der Waals surface area (Å²) in [7, 11) is -2.77. The molecule has 0 spiro atoms. The number of carbonyl (C=O) groups excluding carboxylic acids is 1. The Hall–Kier alpha value is -3.59. The first-order valence-electron chi connectivity index (χ1n) is 11.4. The Labute approximate surface area is 205 Å². The van der Waals surface area contributed by atoms with Crippen LogP contribution in [0.3, 0.4) is 0 Å². The molecule has 4 rings (SSSR count). The fourth-order valence-corrected chi connectivity index (χ4v) is 5.54. The van der Waals surface area contributed by atoms with Crippen LogP contribution in [-0.2, 0) is 14.8 Å². The van der Waals surface area contributed by atoms with Crippen LogP contribution in [-0.4, -0.2) is 41.1 Å². The first kappa shape index (κ1) is 24.5. The summed E-state index contributed by atoms with van der Waals surface area (Å²) in [5.74, 6) is -0.789. The van der Waals surface area contributed by atoms with Crippen molar-refractivity contribution in [1.29, 1.82) is 0 Å². The van der Waals surface area contributed by atoms with Crippen molar-refractivity contribution >= 4 is 33.0 Å². The van der Waals surface area contributed by atoms with Crippen LogP contribution in [0.2, 0.25) is 0 Å². The lowest BCUT2D eigenvalue weighted by molar-refractivity contribution is -0.114. The largest absolute Gasteiger partial charge is 0.495 e. The Morgan fingerprint density at radius 1 is 0.971 bits per heavy atom. The van der Waals surface area contributed by atoms with Crippen molar-refractivity contribution in [1.82, 2.24) is 0 Å². The minimum Gasteiger partial charge on any atom is -0.495 e. The van der Waals surface area contributed by atoms with E-state index in [-0.39, 0.29) is 16.3 Å². The van der Waals surface area contributed by atoms with E-state index >= 15 is 0 Å². The number of amides is 1. The number of anilines is 3. The van der Waals surface area contributed by atoms with Gasteiger partial charge in [-0.1, -0.05) is 12.1 Å². The van der Waals surface area contributed by atoms with E-state index in [2.05, 4.69) is 10.2 Å². The summed E-state index contributed by atoms with van der Waals surface area (Å²) in [6.45, 7) is 1.54. The first-order chi connectivity index (χ1) is 16.9. The quantitative estimate of drug-likeness (QED) is 0.490.